The summed E-state index contributed by atoms with van der Waals surface area (Å²) in [6, 6.07) is 0. The van der Waals surface area contributed by atoms with Crippen LogP contribution in [0.25, 0.3) is 0 Å². The summed E-state index contributed by atoms with van der Waals surface area (Å²) in [6.07, 6.45) is 2.60. The molecule has 1 rings (SSSR count). The number of halogens is 1. The first-order chi connectivity index (χ1) is 9.81. The number of anilines is 1. The van der Waals surface area contributed by atoms with Crippen molar-refractivity contribution >= 4 is 28.7 Å². The maximum absolute atomic E-state index is 11.9. The van der Waals surface area contributed by atoms with Gasteiger partial charge in [-0.05, 0) is 26.7 Å². The van der Waals surface area contributed by atoms with E-state index in [4.69, 9.17) is 4.18 Å². The van der Waals surface area contributed by atoms with Crippen molar-refractivity contribution in [1.29, 1.82) is 0 Å². The molecule has 0 radical (unpaired) electrons. The van der Waals surface area contributed by atoms with E-state index in [-0.39, 0.29) is 18.3 Å². The van der Waals surface area contributed by atoms with Crippen molar-refractivity contribution in [3.63, 3.8) is 0 Å². The van der Waals surface area contributed by atoms with E-state index in [1.165, 1.54) is 14.1 Å². The highest BCUT2D eigenvalue weighted by molar-refractivity contribution is 7.84. The van der Waals surface area contributed by atoms with Crippen LogP contribution >= 0.6 is 12.4 Å². The molecule has 0 amide bonds. The van der Waals surface area contributed by atoms with Gasteiger partial charge in [0.1, 0.15) is 0 Å². The van der Waals surface area contributed by atoms with Crippen molar-refractivity contribution in [2.75, 3.05) is 26.0 Å². The molecule has 0 fully saturated rings. The Hall–Kier alpha value is -1.12. The van der Waals surface area contributed by atoms with Gasteiger partial charge in [-0.15, -0.1) is 12.4 Å². The molecule has 0 aromatic carbocycles. The zero-order chi connectivity index (χ0) is 16.0. The first-order valence-electron chi connectivity index (χ1n) is 7.05. The summed E-state index contributed by atoms with van der Waals surface area (Å²) in [7, 11) is -0.998. The molecule has 0 atom stereocenters. The van der Waals surface area contributed by atoms with Gasteiger partial charge in [-0.2, -0.15) is 17.7 Å². The van der Waals surface area contributed by atoms with Crippen LogP contribution in [-0.4, -0.2) is 43.3 Å². The van der Waals surface area contributed by atoms with Crippen molar-refractivity contribution in [3.05, 3.63) is 11.3 Å². The van der Waals surface area contributed by atoms with Gasteiger partial charge < -0.3 is 9.50 Å². The van der Waals surface area contributed by atoms with Crippen molar-refractivity contribution in [2.45, 2.75) is 40.0 Å². The van der Waals surface area contributed by atoms with Gasteiger partial charge in [0.2, 0.25) is 11.8 Å². The lowest BCUT2D eigenvalue weighted by Crippen LogP contribution is -2.28. The Morgan fingerprint density at radius 2 is 1.86 bits per heavy atom. The predicted molar refractivity (Wildman–Crippen MR) is 90.0 cm³/mol. The Kier molecular flexibility index (Phi) is 8.65. The topological polar surface area (TPSA) is 84.4 Å². The van der Waals surface area contributed by atoms with Gasteiger partial charge in [-0.1, -0.05) is 13.3 Å². The zero-order valence-corrected chi connectivity index (χ0v) is 15.3. The fraction of sp³-hybridized carbons (Fsp3) is 0.692. The van der Waals surface area contributed by atoms with Crippen LogP contribution < -0.4 is 9.50 Å². The molecule has 0 bridgehead atoms. The van der Waals surface area contributed by atoms with Crippen LogP contribution in [0.3, 0.4) is 0 Å². The minimum Gasteiger partial charge on any atom is -0.354 e. The molecular formula is C13H25ClN4O3S. The summed E-state index contributed by atoms with van der Waals surface area (Å²) in [5.41, 5.74) is 1.47. The maximum atomic E-state index is 11.9. The van der Waals surface area contributed by atoms with Gasteiger partial charge in [-0.25, -0.2) is 4.98 Å². The lowest BCUT2D eigenvalue weighted by atomic mass is 10.1. The minimum absolute atomic E-state index is 0. The molecule has 1 heterocycles. The van der Waals surface area contributed by atoms with Crippen LogP contribution in [0.1, 0.15) is 37.9 Å². The third kappa shape index (κ3) is 5.58. The Morgan fingerprint density at radius 3 is 2.36 bits per heavy atom. The van der Waals surface area contributed by atoms with Gasteiger partial charge >= 0.3 is 10.3 Å². The van der Waals surface area contributed by atoms with Crippen molar-refractivity contribution in [3.8, 4) is 5.88 Å². The Morgan fingerprint density at radius 1 is 1.23 bits per heavy atom. The number of hydrogen-bond acceptors (Lipinski definition) is 6. The van der Waals surface area contributed by atoms with E-state index < -0.39 is 10.3 Å². The SMILES string of the molecule is CCCCc1c(C)nc(NCC)nc1OS(=O)(=O)N(C)C.Cl. The van der Waals surface area contributed by atoms with E-state index in [1.807, 2.05) is 13.8 Å². The number of nitrogens with zero attached hydrogens (tertiary/aromatic N) is 3. The molecule has 1 N–H and O–H groups in total. The van der Waals surface area contributed by atoms with E-state index >= 15 is 0 Å². The molecule has 22 heavy (non-hydrogen) atoms. The zero-order valence-electron chi connectivity index (χ0n) is 13.7. The van der Waals surface area contributed by atoms with Crippen molar-refractivity contribution in [1.82, 2.24) is 14.3 Å². The second-order valence-corrected chi connectivity index (χ2v) is 6.63. The molecule has 0 aliphatic rings. The van der Waals surface area contributed by atoms with E-state index in [1.54, 1.807) is 0 Å². The first-order valence-corrected chi connectivity index (χ1v) is 8.41. The highest BCUT2D eigenvalue weighted by Gasteiger charge is 2.21. The number of aryl methyl sites for hydroxylation is 1. The largest absolute Gasteiger partial charge is 0.386 e. The van der Waals surface area contributed by atoms with Crippen LogP contribution in [0.15, 0.2) is 0 Å². The second-order valence-electron chi connectivity index (χ2n) is 4.87. The number of unbranched alkanes of at least 4 members (excludes halogenated alkanes) is 1. The van der Waals surface area contributed by atoms with E-state index in [0.717, 1.165) is 28.4 Å². The summed E-state index contributed by atoms with van der Waals surface area (Å²) in [4.78, 5) is 8.53. The Balaban J connectivity index is 0.00000441. The fourth-order valence-electron chi connectivity index (χ4n) is 1.69. The number of hydrogen-bond donors (Lipinski definition) is 1. The average molecular weight is 353 g/mol. The number of aromatic nitrogens is 2. The Bertz CT molecular complexity index is 579. The van der Waals surface area contributed by atoms with Crippen molar-refractivity contribution < 1.29 is 12.6 Å². The summed E-state index contributed by atoms with van der Waals surface area (Å²) in [6.45, 7) is 6.47. The lowest BCUT2D eigenvalue weighted by Gasteiger charge is -2.16. The molecule has 1 aromatic rings. The lowest BCUT2D eigenvalue weighted by molar-refractivity contribution is 0.411. The molecule has 0 aliphatic carbocycles. The fourth-order valence-corrected chi connectivity index (χ4v) is 2.18. The van der Waals surface area contributed by atoms with Crippen LogP contribution in [-0.2, 0) is 16.7 Å². The summed E-state index contributed by atoms with van der Waals surface area (Å²) >= 11 is 0. The molecule has 0 spiro atoms. The molecule has 0 unspecified atom stereocenters. The van der Waals surface area contributed by atoms with Crippen LogP contribution in [0.4, 0.5) is 5.95 Å². The third-order valence-electron chi connectivity index (χ3n) is 2.92. The summed E-state index contributed by atoms with van der Waals surface area (Å²) in [5.74, 6) is 0.486. The highest BCUT2D eigenvalue weighted by atomic mass is 35.5. The molecule has 9 heteroatoms. The smallest absolute Gasteiger partial charge is 0.354 e. The number of nitrogens with one attached hydrogen (secondary N) is 1. The Labute approximate surface area is 139 Å². The normalized spacial score (nSPS) is 11.2. The average Bonchev–Trinajstić information content (AvgIpc) is 2.37. The maximum Gasteiger partial charge on any atom is 0.386 e. The van der Waals surface area contributed by atoms with Crippen LogP contribution in [0, 0.1) is 6.92 Å². The monoisotopic (exact) mass is 352 g/mol. The molecule has 0 saturated heterocycles. The predicted octanol–water partition coefficient (Wildman–Crippen LogP) is 2.17. The molecular weight excluding hydrogens is 328 g/mol. The second kappa shape index (κ2) is 9.12. The highest BCUT2D eigenvalue weighted by Crippen LogP contribution is 2.24. The van der Waals surface area contributed by atoms with Gasteiger partial charge in [-0.3, -0.25) is 0 Å². The quantitative estimate of drug-likeness (QED) is 0.771. The summed E-state index contributed by atoms with van der Waals surface area (Å²) in [5, 5.41) is 2.98. The molecule has 7 nitrogen and oxygen atoms in total. The van der Waals surface area contributed by atoms with E-state index in [2.05, 4.69) is 22.2 Å². The number of rotatable bonds is 8. The molecule has 1 aromatic heterocycles. The van der Waals surface area contributed by atoms with Gasteiger partial charge in [0.05, 0.1) is 0 Å². The van der Waals surface area contributed by atoms with Crippen LogP contribution in [0.5, 0.6) is 5.88 Å². The van der Waals surface area contributed by atoms with Gasteiger partial charge in [0.15, 0.2) is 0 Å². The minimum atomic E-state index is -3.83. The van der Waals surface area contributed by atoms with E-state index in [0.29, 0.717) is 18.9 Å². The standard InChI is InChI=1S/C13H24N4O3S.ClH/c1-6-8-9-11-10(3)15-13(14-7-2)16-12(11)20-21(18,19)17(4)5;/h6-9H2,1-5H3,(H,14,15,16);1H. The summed E-state index contributed by atoms with van der Waals surface area (Å²) < 4.78 is 30.0. The molecule has 0 aliphatic heterocycles. The van der Waals surface area contributed by atoms with E-state index in [9.17, 15) is 8.42 Å². The van der Waals surface area contributed by atoms with Gasteiger partial charge in [0.25, 0.3) is 0 Å². The first kappa shape index (κ1) is 20.9. The molecule has 128 valence electrons. The van der Waals surface area contributed by atoms with Crippen molar-refractivity contribution in [2.24, 2.45) is 0 Å². The molecule has 0 saturated carbocycles. The van der Waals surface area contributed by atoms with Crippen LogP contribution in [0.2, 0.25) is 0 Å². The van der Waals surface area contributed by atoms with Gasteiger partial charge in [0, 0.05) is 31.9 Å². The third-order valence-corrected chi connectivity index (χ3v) is 4.19.